The zero-order chi connectivity index (χ0) is 11.5. The van der Waals surface area contributed by atoms with Crippen LogP contribution in [0.2, 0.25) is 0 Å². The van der Waals surface area contributed by atoms with E-state index in [-0.39, 0.29) is 12.6 Å². The number of hydrogen-bond acceptors (Lipinski definition) is 3. The molecular weight excluding hydrogens is 206 g/mol. The first-order valence-corrected chi connectivity index (χ1v) is 5.49. The third-order valence-electron chi connectivity index (χ3n) is 3.11. The molecule has 1 aliphatic rings. The molecule has 0 saturated heterocycles. The smallest absolute Gasteiger partial charge is 0.161 e. The zero-order valence-electron chi connectivity index (χ0n) is 9.69. The highest BCUT2D eigenvalue weighted by molar-refractivity contribution is 5.48. The van der Waals surface area contributed by atoms with Crippen LogP contribution < -0.4 is 14.8 Å². The second-order valence-corrected chi connectivity index (χ2v) is 3.97. The van der Waals surface area contributed by atoms with E-state index in [9.17, 15) is 5.11 Å². The van der Waals surface area contributed by atoms with Crippen molar-refractivity contribution in [3.63, 3.8) is 0 Å². The Morgan fingerprint density at radius 1 is 1.31 bits per heavy atom. The van der Waals surface area contributed by atoms with Crippen LogP contribution in [0.3, 0.4) is 0 Å². The molecule has 0 bridgehead atoms. The average molecular weight is 224 g/mol. The fourth-order valence-corrected chi connectivity index (χ4v) is 2.24. The van der Waals surface area contributed by atoms with E-state index in [1.807, 2.05) is 12.1 Å². The first kappa shape index (κ1) is 11.2. The van der Waals surface area contributed by atoms with Crippen molar-refractivity contribution >= 4 is 0 Å². The molecule has 0 saturated carbocycles. The van der Waals surface area contributed by atoms with Gasteiger partial charge in [-0.3, -0.25) is 0 Å². The fourth-order valence-electron chi connectivity index (χ4n) is 2.24. The lowest BCUT2D eigenvalue weighted by atomic mass is 9.94. The largest absolute Gasteiger partial charge is 0.493 e. The number of rotatable bonds is 3. The SMILES string of the molecule is COc1cc2c(cc1OC)[C@H](CO)[NH2+]CC2. The summed E-state index contributed by atoms with van der Waals surface area (Å²) in [4.78, 5) is 0. The summed E-state index contributed by atoms with van der Waals surface area (Å²) < 4.78 is 10.5. The molecular formula is C12H18NO3+. The van der Waals surface area contributed by atoms with Crippen molar-refractivity contribution in [2.75, 3.05) is 27.4 Å². The van der Waals surface area contributed by atoms with E-state index in [4.69, 9.17) is 9.47 Å². The number of aliphatic hydroxyl groups is 1. The van der Waals surface area contributed by atoms with Gasteiger partial charge in [-0.15, -0.1) is 0 Å². The van der Waals surface area contributed by atoms with Crippen molar-refractivity contribution in [1.82, 2.24) is 0 Å². The Morgan fingerprint density at radius 2 is 2.00 bits per heavy atom. The molecule has 0 aliphatic carbocycles. The first-order valence-electron chi connectivity index (χ1n) is 5.49. The summed E-state index contributed by atoms with van der Waals surface area (Å²) in [5, 5.41) is 11.5. The van der Waals surface area contributed by atoms with Crippen molar-refractivity contribution in [2.45, 2.75) is 12.5 Å². The highest BCUT2D eigenvalue weighted by Gasteiger charge is 2.24. The van der Waals surface area contributed by atoms with Crippen molar-refractivity contribution in [3.05, 3.63) is 23.3 Å². The van der Waals surface area contributed by atoms with Crippen LogP contribution in [0.5, 0.6) is 11.5 Å². The summed E-state index contributed by atoms with van der Waals surface area (Å²) in [6.45, 7) is 1.16. The van der Waals surface area contributed by atoms with E-state index in [1.165, 1.54) is 5.56 Å². The van der Waals surface area contributed by atoms with E-state index in [2.05, 4.69) is 5.32 Å². The molecule has 0 radical (unpaired) electrons. The molecule has 1 atom stereocenters. The molecule has 1 aliphatic heterocycles. The van der Waals surface area contributed by atoms with Gasteiger partial charge in [-0.2, -0.15) is 0 Å². The summed E-state index contributed by atoms with van der Waals surface area (Å²) in [7, 11) is 3.27. The molecule has 88 valence electrons. The molecule has 0 unspecified atom stereocenters. The van der Waals surface area contributed by atoms with Gasteiger partial charge in [0.25, 0.3) is 0 Å². The predicted octanol–water partition coefficient (Wildman–Crippen LogP) is -0.143. The number of quaternary nitrogens is 1. The van der Waals surface area contributed by atoms with Crippen molar-refractivity contribution in [1.29, 1.82) is 0 Å². The Balaban J connectivity index is 2.46. The van der Waals surface area contributed by atoms with Gasteiger partial charge in [-0.05, 0) is 17.7 Å². The van der Waals surface area contributed by atoms with Gasteiger partial charge in [0.2, 0.25) is 0 Å². The molecule has 4 heteroatoms. The molecule has 0 amide bonds. The average Bonchev–Trinajstić information content (AvgIpc) is 2.36. The highest BCUT2D eigenvalue weighted by atomic mass is 16.5. The normalized spacial score (nSPS) is 19.1. The Hall–Kier alpha value is -1.26. The minimum atomic E-state index is 0.128. The molecule has 1 aromatic carbocycles. The minimum absolute atomic E-state index is 0.128. The van der Waals surface area contributed by atoms with Gasteiger partial charge in [-0.25, -0.2) is 0 Å². The number of ether oxygens (including phenoxy) is 2. The summed E-state index contributed by atoms with van der Waals surface area (Å²) >= 11 is 0. The lowest BCUT2D eigenvalue weighted by Gasteiger charge is -2.23. The number of methoxy groups -OCH3 is 2. The first-order chi connectivity index (χ1) is 7.80. The zero-order valence-corrected chi connectivity index (χ0v) is 9.69. The van der Waals surface area contributed by atoms with Gasteiger partial charge >= 0.3 is 0 Å². The van der Waals surface area contributed by atoms with Crippen LogP contribution in [0.25, 0.3) is 0 Å². The van der Waals surface area contributed by atoms with Crippen molar-refractivity contribution < 1.29 is 19.9 Å². The molecule has 0 fully saturated rings. The van der Waals surface area contributed by atoms with E-state index in [1.54, 1.807) is 14.2 Å². The van der Waals surface area contributed by atoms with Crippen LogP contribution in [0.15, 0.2) is 12.1 Å². The van der Waals surface area contributed by atoms with Gasteiger partial charge in [0, 0.05) is 12.0 Å². The van der Waals surface area contributed by atoms with Gasteiger partial charge in [-0.1, -0.05) is 0 Å². The second-order valence-electron chi connectivity index (χ2n) is 3.97. The lowest BCUT2D eigenvalue weighted by molar-refractivity contribution is -0.700. The topological polar surface area (TPSA) is 55.3 Å². The number of benzene rings is 1. The van der Waals surface area contributed by atoms with Crippen molar-refractivity contribution in [2.24, 2.45) is 0 Å². The maximum Gasteiger partial charge on any atom is 0.161 e. The Labute approximate surface area is 95.2 Å². The molecule has 3 N–H and O–H groups in total. The van der Waals surface area contributed by atoms with Crippen molar-refractivity contribution in [3.8, 4) is 11.5 Å². The molecule has 1 heterocycles. The van der Waals surface area contributed by atoms with Crippen LogP contribution in [0.1, 0.15) is 17.2 Å². The predicted molar refractivity (Wildman–Crippen MR) is 59.9 cm³/mol. The van der Waals surface area contributed by atoms with E-state index < -0.39 is 0 Å². The second kappa shape index (κ2) is 4.72. The number of fused-ring (bicyclic) bond motifs is 1. The maximum atomic E-state index is 9.32. The third-order valence-corrected chi connectivity index (χ3v) is 3.11. The maximum absolute atomic E-state index is 9.32. The minimum Gasteiger partial charge on any atom is -0.493 e. The van der Waals surface area contributed by atoms with Gasteiger partial charge in [0.05, 0.1) is 27.4 Å². The standard InChI is InChI=1S/C12H17NO3/c1-15-11-5-8-3-4-13-10(7-14)9(8)6-12(11)16-2/h5-6,10,13-14H,3-4,7H2,1-2H3/p+1/t10-/m0/s1. The third kappa shape index (κ3) is 1.86. The molecule has 4 nitrogen and oxygen atoms in total. The number of nitrogens with two attached hydrogens (primary N) is 1. The van der Waals surface area contributed by atoms with Gasteiger partial charge < -0.3 is 19.9 Å². The van der Waals surface area contributed by atoms with E-state index in [0.29, 0.717) is 0 Å². The summed E-state index contributed by atoms with van der Waals surface area (Å²) in [6, 6.07) is 4.12. The molecule has 1 aromatic rings. The van der Waals surface area contributed by atoms with Gasteiger partial charge in [0.1, 0.15) is 6.04 Å². The number of aliphatic hydroxyl groups excluding tert-OH is 1. The fraction of sp³-hybridized carbons (Fsp3) is 0.500. The van der Waals surface area contributed by atoms with Crippen LogP contribution in [-0.2, 0) is 6.42 Å². The summed E-state index contributed by atoms with van der Waals surface area (Å²) in [5.74, 6) is 1.50. The van der Waals surface area contributed by atoms with Gasteiger partial charge in [0.15, 0.2) is 11.5 Å². The lowest BCUT2D eigenvalue weighted by Crippen LogP contribution is -2.88. The monoisotopic (exact) mass is 224 g/mol. The highest BCUT2D eigenvalue weighted by Crippen LogP contribution is 2.33. The van der Waals surface area contributed by atoms with Crippen LogP contribution in [0, 0.1) is 0 Å². The van der Waals surface area contributed by atoms with E-state index in [0.717, 1.165) is 30.0 Å². The Kier molecular flexibility index (Phi) is 3.31. The molecule has 16 heavy (non-hydrogen) atoms. The summed E-state index contributed by atoms with van der Waals surface area (Å²) in [6.07, 6.45) is 1.01. The quantitative estimate of drug-likeness (QED) is 0.751. The van der Waals surface area contributed by atoms with Crippen LogP contribution in [0.4, 0.5) is 0 Å². The van der Waals surface area contributed by atoms with E-state index >= 15 is 0 Å². The van der Waals surface area contributed by atoms with Crippen LogP contribution in [-0.4, -0.2) is 32.5 Å². The molecule has 0 aromatic heterocycles. The Bertz CT molecular complexity index is 379. The number of hydrogen-bond donors (Lipinski definition) is 2. The molecule has 0 spiro atoms. The van der Waals surface area contributed by atoms with Crippen LogP contribution >= 0.6 is 0 Å². The summed E-state index contributed by atoms with van der Waals surface area (Å²) in [5.41, 5.74) is 2.41. The Morgan fingerprint density at radius 3 is 2.62 bits per heavy atom. The molecule has 2 rings (SSSR count).